The minimum Gasteiger partial charge on any atom is -0.373 e. The minimum absolute atomic E-state index is 0. The number of nitrogens with zero attached hydrogens (tertiary/aromatic N) is 3. The van der Waals surface area contributed by atoms with Gasteiger partial charge in [0.1, 0.15) is 0 Å². The highest BCUT2D eigenvalue weighted by molar-refractivity contribution is 14.0. The summed E-state index contributed by atoms with van der Waals surface area (Å²) in [5, 5.41) is 6.94. The maximum atomic E-state index is 6.09. The third kappa shape index (κ3) is 6.55. The number of nitrogens with one attached hydrogen (secondary N) is 2. The maximum Gasteiger partial charge on any atom is 0.191 e. The number of morpholine rings is 1. The van der Waals surface area contributed by atoms with E-state index in [4.69, 9.17) is 9.73 Å². The van der Waals surface area contributed by atoms with Crippen LogP contribution in [0, 0.1) is 0 Å². The largest absolute Gasteiger partial charge is 0.373 e. The smallest absolute Gasteiger partial charge is 0.191 e. The lowest BCUT2D eigenvalue weighted by molar-refractivity contribution is -0.0453. The summed E-state index contributed by atoms with van der Waals surface area (Å²) < 4.78 is 6.09. The van der Waals surface area contributed by atoms with Gasteiger partial charge in [-0.1, -0.05) is 30.3 Å². The monoisotopic (exact) mass is 527 g/mol. The standard InChI is InChI=1S/C23H37N5O.HI/c1-2-24-23(26-15-22-17-28-13-7-11-21(28)18-29-22)25-14-20-10-6-12-27(20)16-19-8-4-3-5-9-19;/h3-5,8-9,20-22H,2,6-7,10-18H2,1H3,(H2,24,25,26);1H. The molecule has 1 aromatic carbocycles. The quantitative estimate of drug-likeness (QED) is 0.325. The number of halogens is 1. The van der Waals surface area contributed by atoms with Gasteiger partial charge < -0.3 is 15.4 Å². The molecule has 30 heavy (non-hydrogen) atoms. The summed E-state index contributed by atoms with van der Waals surface area (Å²) in [6.07, 6.45) is 5.38. The topological polar surface area (TPSA) is 52.1 Å². The number of aliphatic imine (C=N–C) groups is 1. The van der Waals surface area contributed by atoms with Crippen molar-refractivity contribution < 1.29 is 4.74 Å². The number of rotatable bonds is 7. The highest BCUT2D eigenvalue weighted by atomic mass is 127. The van der Waals surface area contributed by atoms with Crippen molar-refractivity contribution in [3.8, 4) is 0 Å². The highest BCUT2D eigenvalue weighted by Crippen LogP contribution is 2.22. The van der Waals surface area contributed by atoms with Crippen molar-refractivity contribution in [2.45, 2.75) is 57.3 Å². The highest BCUT2D eigenvalue weighted by Gasteiger charge is 2.32. The molecule has 6 nitrogen and oxygen atoms in total. The first-order valence-corrected chi connectivity index (χ1v) is 11.5. The van der Waals surface area contributed by atoms with Crippen LogP contribution in [0.25, 0.3) is 0 Å². The molecule has 4 rings (SSSR count). The van der Waals surface area contributed by atoms with Crippen LogP contribution in [-0.2, 0) is 11.3 Å². The second kappa shape index (κ2) is 12.2. The van der Waals surface area contributed by atoms with E-state index in [1.165, 1.54) is 44.3 Å². The number of hydrogen-bond donors (Lipinski definition) is 2. The molecule has 0 radical (unpaired) electrons. The first-order valence-electron chi connectivity index (χ1n) is 11.5. The predicted octanol–water partition coefficient (Wildman–Crippen LogP) is 2.69. The van der Waals surface area contributed by atoms with E-state index in [1.807, 2.05) is 0 Å². The normalized spacial score (nSPS) is 27.5. The molecule has 3 saturated heterocycles. The summed E-state index contributed by atoms with van der Waals surface area (Å²) in [6, 6.07) is 12.0. The molecule has 7 heteroatoms. The molecule has 3 aliphatic heterocycles. The molecule has 3 unspecified atom stereocenters. The number of likely N-dealkylation sites (tertiary alicyclic amines) is 1. The fourth-order valence-corrected chi connectivity index (χ4v) is 4.89. The van der Waals surface area contributed by atoms with Gasteiger partial charge in [-0.05, 0) is 51.3 Å². The Bertz CT molecular complexity index is 658. The van der Waals surface area contributed by atoms with E-state index in [1.54, 1.807) is 0 Å². The third-order valence-electron chi connectivity index (χ3n) is 6.49. The van der Waals surface area contributed by atoms with E-state index >= 15 is 0 Å². The van der Waals surface area contributed by atoms with Gasteiger partial charge in [-0.25, -0.2) is 0 Å². The van der Waals surface area contributed by atoms with Crippen molar-refractivity contribution >= 4 is 29.9 Å². The van der Waals surface area contributed by atoms with Gasteiger partial charge in [0.15, 0.2) is 5.96 Å². The number of ether oxygens (including phenoxy) is 1. The van der Waals surface area contributed by atoms with Crippen LogP contribution in [0.15, 0.2) is 35.3 Å². The second-order valence-electron chi connectivity index (χ2n) is 8.60. The molecule has 3 fully saturated rings. The number of hydrogen-bond acceptors (Lipinski definition) is 4. The van der Waals surface area contributed by atoms with Gasteiger partial charge in [-0.2, -0.15) is 0 Å². The Morgan fingerprint density at radius 1 is 1.13 bits per heavy atom. The Morgan fingerprint density at radius 3 is 2.80 bits per heavy atom. The molecule has 0 aromatic heterocycles. The lowest BCUT2D eigenvalue weighted by Gasteiger charge is -2.35. The number of benzene rings is 1. The van der Waals surface area contributed by atoms with Crippen LogP contribution >= 0.6 is 24.0 Å². The fraction of sp³-hybridized carbons (Fsp3) is 0.696. The third-order valence-corrected chi connectivity index (χ3v) is 6.49. The van der Waals surface area contributed by atoms with E-state index < -0.39 is 0 Å². The van der Waals surface area contributed by atoms with Crippen LogP contribution in [-0.4, -0.2) is 79.8 Å². The molecule has 0 saturated carbocycles. The molecule has 3 atom stereocenters. The van der Waals surface area contributed by atoms with Crippen LogP contribution in [0.4, 0.5) is 0 Å². The molecular weight excluding hydrogens is 489 g/mol. The van der Waals surface area contributed by atoms with Crippen LogP contribution in [0.3, 0.4) is 0 Å². The summed E-state index contributed by atoms with van der Waals surface area (Å²) in [4.78, 5) is 10.1. The van der Waals surface area contributed by atoms with Gasteiger partial charge in [-0.3, -0.25) is 14.8 Å². The first-order chi connectivity index (χ1) is 14.3. The Kier molecular flexibility index (Phi) is 9.67. The molecule has 0 spiro atoms. The van der Waals surface area contributed by atoms with E-state index in [9.17, 15) is 0 Å². The molecular formula is C23H38IN5O. The van der Waals surface area contributed by atoms with Gasteiger partial charge >= 0.3 is 0 Å². The van der Waals surface area contributed by atoms with Crippen molar-refractivity contribution in [1.82, 2.24) is 20.4 Å². The van der Waals surface area contributed by atoms with E-state index in [0.717, 1.165) is 45.3 Å². The number of fused-ring (bicyclic) bond motifs is 1. The lowest BCUT2D eigenvalue weighted by atomic mass is 10.2. The van der Waals surface area contributed by atoms with Crippen molar-refractivity contribution in [3.63, 3.8) is 0 Å². The van der Waals surface area contributed by atoms with Crippen molar-refractivity contribution in [3.05, 3.63) is 35.9 Å². The zero-order valence-corrected chi connectivity index (χ0v) is 20.6. The molecule has 0 aliphatic carbocycles. The van der Waals surface area contributed by atoms with E-state index in [-0.39, 0.29) is 30.1 Å². The van der Waals surface area contributed by atoms with Crippen LogP contribution in [0.1, 0.15) is 38.2 Å². The molecule has 168 valence electrons. The van der Waals surface area contributed by atoms with Crippen LogP contribution in [0.2, 0.25) is 0 Å². The number of guanidine groups is 1. The SMILES string of the molecule is CCNC(=NCC1CCCN1Cc1ccccc1)NCC1CN2CCCC2CO1.I. The van der Waals surface area contributed by atoms with Crippen molar-refractivity contribution in [1.29, 1.82) is 0 Å². The Hall–Kier alpha value is -0.900. The van der Waals surface area contributed by atoms with Crippen molar-refractivity contribution in [2.24, 2.45) is 4.99 Å². The van der Waals surface area contributed by atoms with Gasteiger partial charge in [0, 0.05) is 38.3 Å². The summed E-state index contributed by atoms with van der Waals surface area (Å²) in [5.41, 5.74) is 1.39. The molecule has 3 heterocycles. The van der Waals surface area contributed by atoms with Gasteiger partial charge in [0.25, 0.3) is 0 Å². The molecule has 3 aliphatic rings. The molecule has 0 bridgehead atoms. The summed E-state index contributed by atoms with van der Waals surface area (Å²) in [5.74, 6) is 0.922. The molecule has 2 N–H and O–H groups in total. The summed E-state index contributed by atoms with van der Waals surface area (Å²) in [7, 11) is 0. The zero-order valence-electron chi connectivity index (χ0n) is 18.3. The van der Waals surface area contributed by atoms with Gasteiger partial charge in [0.2, 0.25) is 0 Å². The molecule has 1 aromatic rings. The molecule has 0 amide bonds. The van der Waals surface area contributed by atoms with Gasteiger partial charge in [-0.15, -0.1) is 24.0 Å². The minimum atomic E-state index is 0. The fourth-order valence-electron chi connectivity index (χ4n) is 4.89. The van der Waals surface area contributed by atoms with Crippen LogP contribution < -0.4 is 10.6 Å². The van der Waals surface area contributed by atoms with Crippen molar-refractivity contribution in [2.75, 3.05) is 45.9 Å². The average Bonchev–Trinajstić information content (AvgIpc) is 3.39. The Labute approximate surface area is 198 Å². The zero-order chi connectivity index (χ0) is 19.9. The summed E-state index contributed by atoms with van der Waals surface area (Å²) >= 11 is 0. The lowest BCUT2D eigenvalue weighted by Crippen LogP contribution is -2.51. The predicted molar refractivity (Wildman–Crippen MR) is 134 cm³/mol. The summed E-state index contributed by atoms with van der Waals surface area (Å²) in [6.45, 7) is 10.0. The maximum absolute atomic E-state index is 6.09. The van der Waals surface area contributed by atoms with E-state index in [2.05, 4.69) is 57.7 Å². The second-order valence-corrected chi connectivity index (χ2v) is 8.60. The van der Waals surface area contributed by atoms with E-state index in [0.29, 0.717) is 12.1 Å². The first kappa shape index (κ1) is 23.8. The van der Waals surface area contributed by atoms with Crippen LogP contribution in [0.5, 0.6) is 0 Å². The average molecular weight is 527 g/mol. The Balaban J connectivity index is 0.00000256. The Morgan fingerprint density at radius 2 is 1.97 bits per heavy atom. The van der Waals surface area contributed by atoms with Gasteiger partial charge in [0.05, 0.1) is 19.3 Å².